The highest BCUT2D eigenvalue weighted by Crippen LogP contribution is 2.33. The molecule has 6 nitrogen and oxygen atoms in total. The lowest BCUT2D eigenvalue weighted by Gasteiger charge is -2.18. The molecule has 0 unspecified atom stereocenters. The van der Waals surface area contributed by atoms with E-state index in [1.807, 2.05) is 12.1 Å². The number of hydrogen-bond donors (Lipinski definition) is 2. The SMILES string of the molecule is COC(=O)C[C@@H](c1c(Cc2cc(F)c(F)cc2F)[nH][nH]c1=O)c1cccc2cccnc12. The summed E-state index contributed by atoms with van der Waals surface area (Å²) in [5.74, 6) is -4.80. The van der Waals surface area contributed by atoms with Crippen molar-refractivity contribution in [2.45, 2.75) is 18.8 Å². The molecule has 0 radical (unpaired) electrons. The lowest BCUT2D eigenvalue weighted by atomic mass is 9.86. The first-order chi connectivity index (χ1) is 15.4. The van der Waals surface area contributed by atoms with Crippen molar-refractivity contribution in [1.29, 1.82) is 0 Å². The van der Waals surface area contributed by atoms with Gasteiger partial charge in [-0.3, -0.25) is 19.7 Å². The second-order valence-electron chi connectivity index (χ2n) is 7.26. The molecule has 0 fully saturated rings. The van der Waals surface area contributed by atoms with Crippen molar-refractivity contribution >= 4 is 16.9 Å². The third-order valence-electron chi connectivity index (χ3n) is 5.34. The first kappa shape index (κ1) is 21.4. The molecule has 0 aliphatic rings. The van der Waals surface area contributed by atoms with Crippen LogP contribution in [0.25, 0.3) is 10.9 Å². The summed E-state index contributed by atoms with van der Waals surface area (Å²) >= 11 is 0. The number of benzene rings is 2. The van der Waals surface area contributed by atoms with E-state index in [9.17, 15) is 22.8 Å². The molecule has 32 heavy (non-hydrogen) atoms. The van der Waals surface area contributed by atoms with Crippen LogP contribution < -0.4 is 5.56 Å². The van der Waals surface area contributed by atoms with Crippen LogP contribution in [0.15, 0.2) is 53.5 Å². The maximum atomic E-state index is 14.3. The summed E-state index contributed by atoms with van der Waals surface area (Å²) in [4.78, 5) is 29.4. The number of carbonyl (C=O) groups excluding carboxylic acids is 1. The Kier molecular flexibility index (Phi) is 5.81. The second-order valence-corrected chi connectivity index (χ2v) is 7.26. The molecule has 0 bridgehead atoms. The van der Waals surface area contributed by atoms with Crippen molar-refractivity contribution in [3.63, 3.8) is 0 Å². The minimum Gasteiger partial charge on any atom is -0.469 e. The number of aromatic amines is 2. The number of hydrogen-bond acceptors (Lipinski definition) is 4. The van der Waals surface area contributed by atoms with Crippen LogP contribution in [-0.2, 0) is 16.0 Å². The van der Waals surface area contributed by atoms with Gasteiger partial charge in [-0.2, -0.15) is 0 Å². The topological polar surface area (TPSA) is 87.8 Å². The van der Waals surface area contributed by atoms with Gasteiger partial charge >= 0.3 is 5.97 Å². The van der Waals surface area contributed by atoms with Crippen molar-refractivity contribution < 1.29 is 22.7 Å². The summed E-state index contributed by atoms with van der Waals surface area (Å²) in [5.41, 5.74) is 0.928. The van der Waals surface area contributed by atoms with Crippen LogP contribution in [0.1, 0.15) is 34.7 Å². The van der Waals surface area contributed by atoms with Gasteiger partial charge in [-0.25, -0.2) is 13.2 Å². The molecule has 0 saturated heterocycles. The largest absolute Gasteiger partial charge is 0.469 e. The highest BCUT2D eigenvalue weighted by Gasteiger charge is 2.28. The van der Waals surface area contributed by atoms with Gasteiger partial charge in [-0.05, 0) is 23.3 Å². The van der Waals surface area contributed by atoms with E-state index in [1.165, 1.54) is 7.11 Å². The Bertz CT molecular complexity index is 1360. The number of aromatic nitrogens is 3. The molecule has 9 heteroatoms. The predicted molar refractivity (Wildman–Crippen MR) is 111 cm³/mol. The Balaban J connectivity index is 1.86. The minimum absolute atomic E-state index is 0.145. The van der Waals surface area contributed by atoms with Gasteiger partial charge in [-0.15, -0.1) is 0 Å². The van der Waals surface area contributed by atoms with Crippen LogP contribution in [-0.4, -0.2) is 28.3 Å². The molecule has 2 aromatic heterocycles. The van der Waals surface area contributed by atoms with Gasteiger partial charge in [0.05, 0.1) is 19.0 Å². The van der Waals surface area contributed by atoms with E-state index >= 15 is 0 Å². The van der Waals surface area contributed by atoms with E-state index in [1.54, 1.807) is 24.4 Å². The highest BCUT2D eigenvalue weighted by atomic mass is 19.2. The molecule has 2 heterocycles. The van der Waals surface area contributed by atoms with Crippen LogP contribution in [0.5, 0.6) is 0 Å². The average molecular weight is 441 g/mol. The predicted octanol–water partition coefficient (Wildman–Crippen LogP) is 3.95. The van der Waals surface area contributed by atoms with Crippen molar-refractivity contribution in [1.82, 2.24) is 15.2 Å². The fourth-order valence-electron chi connectivity index (χ4n) is 3.83. The van der Waals surface area contributed by atoms with Crippen molar-refractivity contribution in [2.24, 2.45) is 0 Å². The zero-order chi connectivity index (χ0) is 22.8. The summed E-state index contributed by atoms with van der Waals surface area (Å²) in [6.07, 6.45) is 1.19. The van der Waals surface area contributed by atoms with Crippen molar-refractivity contribution in [3.05, 3.63) is 98.9 Å². The molecule has 4 aromatic rings. The van der Waals surface area contributed by atoms with E-state index in [0.29, 0.717) is 17.1 Å². The van der Waals surface area contributed by atoms with E-state index in [-0.39, 0.29) is 29.7 Å². The van der Waals surface area contributed by atoms with E-state index < -0.39 is 34.9 Å². The Morgan fingerprint density at radius 1 is 1.06 bits per heavy atom. The smallest absolute Gasteiger partial charge is 0.306 e. The van der Waals surface area contributed by atoms with Crippen LogP contribution >= 0.6 is 0 Å². The summed E-state index contributed by atoms with van der Waals surface area (Å²) in [6, 6.07) is 10.2. The Morgan fingerprint density at radius 2 is 1.81 bits per heavy atom. The number of ether oxygens (including phenoxy) is 1. The molecule has 2 N–H and O–H groups in total. The molecule has 164 valence electrons. The minimum atomic E-state index is -1.31. The van der Waals surface area contributed by atoms with E-state index in [2.05, 4.69) is 15.2 Å². The number of nitrogens with zero attached hydrogens (tertiary/aromatic N) is 1. The summed E-state index contributed by atoms with van der Waals surface area (Å²) in [5, 5.41) is 5.94. The average Bonchev–Trinajstić information content (AvgIpc) is 3.15. The first-order valence-corrected chi connectivity index (χ1v) is 9.72. The van der Waals surface area contributed by atoms with Gasteiger partial charge in [0.1, 0.15) is 5.82 Å². The number of H-pyrrole nitrogens is 2. The van der Waals surface area contributed by atoms with Gasteiger partial charge < -0.3 is 9.84 Å². The standard InChI is InChI=1S/C23H18F3N3O3/c1-32-20(30)10-15(14-6-2-4-12-5-3-7-27-22(12)14)21-19(28-29-23(21)31)9-13-8-17(25)18(26)11-16(13)24/h2-8,11,15H,9-10H2,1H3,(H2,28,29,31)/t15-/m1/s1. The van der Waals surface area contributed by atoms with Crippen LogP contribution in [0.2, 0.25) is 0 Å². The van der Waals surface area contributed by atoms with Crippen molar-refractivity contribution in [3.8, 4) is 0 Å². The highest BCUT2D eigenvalue weighted by molar-refractivity contribution is 5.83. The third-order valence-corrected chi connectivity index (χ3v) is 5.34. The molecular formula is C23H18F3N3O3. The molecule has 0 spiro atoms. The summed E-state index contributed by atoms with van der Waals surface area (Å²) in [6.45, 7) is 0. The third kappa shape index (κ3) is 4.01. The fraction of sp³-hybridized carbons (Fsp3) is 0.174. The number of halogens is 3. The second kappa shape index (κ2) is 8.70. The Morgan fingerprint density at radius 3 is 2.59 bits per heavy atom. The lowest BCUT2D eigenvalue weighted by molar-refractivity contribution is -0.140. The molecule has 0 aliphatic heterocycles. The number of methoxy groups -OCH3 is 1. The lowest BCUT2D eigenvalue weighted by Crippen LogP contribution is -2.18. The van der Waals surface area contributed by atoms with Crippen LogP contribution in [0.3, 0.4) is 0 Å². The Labute approximate surface area is 180 Å². The maximum absolute atomic E-state index is 14.3. The van der Waals surface area contributed by atoms with Crippen LogP contribution in [0.4, 0.5) is 13.2 Å². The van der Waals surface area contributed by atoms with Gasteiger partial charge in [0.15, 0.2) is 11.6 Å². The number of carbonyl (C=O) groups is 1. The number of nitrogens with one attached hydrogen (secondary N) is 2. The van der Waals surface area contributed by atoms with Crippen LogP contribution in [0, 0.1) is 17.5 Å². The monoisotopic (exact) mass is 441 g/mol. The number of fused-ring (bicyclic) bond motifs is 1. The first-order valence-electron chi connectivity index (χ1n) is 9.72. The number of rotatable bonds is 6. The molecule has 0 aliphatic carbocycles. The van der Waals surface area contributed by atoms with Gasteiger partial charge in [0.2, 0.25) is 0 Å². The molecule has 1 atom stereocenters. The molecular weight excluding hydrogens is 423 g/mol. The van der Waals surface area contributed by atoms with E-state index in [0.717, 1.165) is 11.5 Å². The normalized spacial score (nSPS) is 12.1. The number of para-hydroxylation sites is 1. The van der Waals surface area contributed by atoms with Gasteiger partial charge in [0, 0.05) is 41.2 Å². The molecule has 2 aromatic carbocycles. The van der Waals surface area contributed by atoms with E-state index in [4.69, 9.17) is 4.74 Å². The zero-order valence-electron chi connectivity index (χ0n) is 16.9. The summed E-state index contributed by atoms with van der Waals surface area (Å²) < 4.78 is 46.1. The quantitative estimate of drug-likeness (QED) is 0.350. The number of esters is 1. The van der Waals surface area contributed by atoms with Gasteiger partial charge in [0.25, 0.3) is 5.56 Å². The fourth-order valence-corrected chi connectivity index (χ4v) is 3.83. The summed E-state index contributed by atoms with van der Waals surface area (Å²) in [7, 11) is 1.24. The number of pyridine rings is 1. The van der Waals surface area contributed by atoms with Gasteiger partial charge in [-0.1, -0.05) is 24.3 Å². The van der Waals surface area contributed by atoms with Crippen molar-refractivity contribution in [2.75, 3.05) is 7.11 Å². The Hall–Kier alpha value is -3.88. The zero-order valence-corrected chi connectivity index (χ0v) is 16.9. The molecule has 4 rings (SSSR count). The molecule has 0 saturated carbocycles. The maximum Gasteiger partial charge on any atom is 0.306 e. The molecule has 0 amide bonds.